The Kier molecular flexibility index (Phi) is 5.72. The molecule has 1 amide bonds. The van der Waals surface area contributed by atoms with Gasteiger partial charge in [0.2, 0.25) is 5.91 Å². The molecule has 0 radical (unpaired) electrons. The summed E-state index contributed by atoms with van der Waals surface area (Å²) in [6, 6.07) is 10.6. The molecule has 3 rings (SSSR count). The van der Waals surface area contributed by atoms with E-state index in [1.54, 1.807) is 0 Å². The molecule has 25 heavy (non-hydrogen) atoms. The average molecular weight is 360 g/mol. The molecule has 2 heterocycles. The molecule has 0 bridgehead atoms. The molecule has 0 aliphatic carbocycles. The number of benzene rings is 1. The third kappa shape index (κ3) is 4.83. The monoisotopic (exact) mass is 360 g/mol. The molecule has 0 spiro atoms. The highest BCUT2D eigenvalue weighted by molar-refractivity contribution is 8.00. The van der Waals surface area contributed by atoms with E-state index in [4.69, 9.17) is 10.5 Å². The second-order valence-electron chi connectivity index (χ2n) is 5.76. The molecule has 2 atom stereocenters. The summed E-state index contributed by atoms with van der Waals surface area (Å²) < 4.78 is 5.54. The quantitative estimate of drug-likeness (QED) is 0.532. The zero-order chi connectivity index (χ0) is 17.6. The number of aromatic nitrogens is 2. The van der Waals surface area contributed by atoms with Crippen molar-refractivity contribution in [3.05, 3.63) is 52.3 Å². The van der Waals surface area contributed by atoms with Crippen molar-refractivity contribution in [2.75, 3.05) is 18.9 Å². The summed E-state index contributed by atoms with van der Waals surface area (Å²) in [5.74, 6) is -0.0328. The van der Waals surface area contributed by atoms with Gasteiger partial charge in [0.1, 0.15) is 11.1 Å². The maximum atomic E-state index is 12.7. The van der Waals surface area contributed by atoms with Crippen molar-refractivity contribution >= 4 is 23.5 Å². The van der Waals surface area contributed by atoms with E-state index in [0.29, 0.717) is 11.7 Å². The number of nitrogens with two attached hydrogens (primary N) is 1. The largest absolute Gasteiger partial charge is 0.383 e. The van der Waals surface area contributed by atoms with Gasteiger partial charge < -0.3 is 20.8 Å². The number of aromatic amines is 1. The van der Waals surface area contributed by atoms with Gasteiger partial charge in [-0.1, -0.05) is 42.1 Å². The fourth-order valence-electron chi connectivity index (χ4n) is 2.63. The number of anilines is 1. The number of carbonyl (C=O) groups excluding carboxylic acids is 1. The van der Waals surface area contributed by atoms with Crippen LogP contribution in [-0.2, 0) is 9.53 Å². The van der Waals surface area contributed by atoms with Crippen molar-refractivity contribution in [2.24, 2.45) is 0 Å². The lowest BCUT2D eigenvalue weighted by atomic mass is 10.1. The molecule has 2 aromatic rings. The van der Waals surface area contributed by atoms with Crippen LogP contribution in [0.3, 0.4) is 0 Å². The fourth-order valence-corrected chi connectivity index (χ4v) is 3.66. The van der Waals surface area contributed by atoms with Crippen LogP contribution in [-0.4, -0.2) is 35.1 Å². The van der Waals surface area contributed by atoms with Crippen LogP contribution in [0.4, 0.5) is 5.82 Å². The van der Waals surface area contributed by atoms with Crippen LogP contribution in [0.1, 0.15) is 23.7 Å². The first kappa shape index (κ1) is 17.5. The number of ether oxygens (including phenoxy) is 1. The van der Waals surface area contributed by atoms with Crippen LogP contribution >= 0.6 is 11.8 Å². The van der Waals surface area contributed by atoms with Gasteiger partial charge in [-0.15, -0.1) is 0 Å². The number of nitrogens with zero attached hydrogens (tertiary/aromatic N) is 1. The third-order valence-electron chi connectivity index (χ3n) is 3.84. The van der Waals surface area contributed by atoms with Crippen LogP contribution in [0.15, 0.2) is 46.3 Å². The zero-order valence-corrected chi connectivity index (χ0v) is 14.4. The van der Waals surface area contributed by atoms with Crippen LogP contribution in [0.25, 0.3) is 0 Å². The van der Waals surface area contributed by atoms with Crippen LogP contribution in [0.2, 0.25) is 0 Å². The molecule has 1 aromatic heterocycles. The molecule has 1 aromatic carbocycles. The lowest BCUT2D eigenvalue weighted by Crippen LogP contribution is -2.34. The molecular weight excluding hydrogens is 340 g/mol. The molecule has 1 aliphatic heterocycles. The van der Waals surface area contributed by atoms with E-state index in [0.717, 1.165) is 36.8 Å². The Labute approximate surface area is 149 Å². The summed E-state index contributed by atoms with van der Waals surface area (Å²) in [4.78, 5) is 31.0. The molecule has 0 saturated carbocycles. The Bertz CT molecular complexity index is 775. The molecule has 0 unspecified atom stereocenters. The molecule has 1 saturated heterocycles. The van der Waals surface area contributed by atoms with E-state index >= 15 is 0 Å². The summed E-state index contributed by atoms with van der Waals surface area (Å²) >= 11 is 1.16. The van der Waals surface area contributed by atoms with Gasteiger partial charge in [0.15, 0.2) is 5.16 Å². The van der Waals surface area contributed by atoms with E-state index in [1.807, 2.05) is 30.3 Å². The number of rotatable bonds is 6. The average Bonchev–Trinajstić information content (AvgIpc) is 3.11. The topological polar surface area (TPSA) is 110 Å². The maximum absolute atomic E-state index is 12.7. The van der Waals surface area contributed by atoms with E-state index in [1.165, 1.54) is 6.07 Å². The first-order valence-corrected chi connectivity index (χ1v) is 8.97. The van der Waals surface area contributed by atoms with Gasteiger partial charge in [0.05, 0.1) is 6.10 Å². The van der Waals surface area contributed by atoms with Crippen LogP contribution in [0.5, 0.6) is 0 Å². The fraction of sp³-hybridized carbons (Fsp3) is 0.353. The number of carbonyl (C=O) groups is 1. The standard InChI is InChI=1S/C17H20N4O3S/c18-13-9-14(22)21-17(20-13)25-15(11-5-2-1-3-6-11)16(23)19-10-12-7-4-8-24-12/h1-3,5-6,9,12,15H,4,7-8,10H2,(H,19,23)(H3,18,20,21,22)/t12-,15-/m1/s1. The normalized spacial score (nSPS) is 18.0. The van der Waals surface area contributed by atoms with Gasteiger partial charge in [-0.25, -0.2) is 4.98 Å². The summed E-state index contributed by atoms with van der Waals surface area (Å²) in [5.41, 5.74) is 6.11. The van der Waals surface area contributed by atoms with Crippen molar-refractivity contribution in [2.45, 2.75) is 29.4 Å². The first-order valence-electron chi connectivity index (χ1n) is 8.09. The second-order valence-corrected chi connectivity index (χ2v) is 6.86. The predicted octanol–water partition coefficient (Wildman–Crippen LogP) is 1.48. The highest BCUT2D eigenvalue weighted by Crippen LogP contribution is 2.33. The van der Waals surface area contributed by atoms with E-state index in [-0.39, 0.29) is 23.4 Å². The molecule has 8 heteroatoms. The summed E-state index contributed by atoms with van der Waals surface area (Å²) in [5, 5.41) is 2.70. The summed E-state index contributed by atoms with van der Waals surface area (Å²) in [7, 11) is 0. The Morgan fingerprint density at radius 1 is 1.44 bits per heavy atom. The number of hydrogen-bond acceptors (Lipinski definition) is 6. The van der Waals surface area contributed by atoms with Crippen molar-refractivity contribution in [3.8, 4) is 0 Å². The van der Waals surface area contributed by atoms with E-state index in [2.05, 4.69) is 15.3 Å². The highest BCUT2D eigenvalue weighted by atomic mass is 32.2. The van der Waals surface area contributed by atoms with Gasteiger partial charge in [-0.3, -0.25) is 9.59 Å². The molecule has 1 aliphatic rings. The van der Waals surface area contributed by atoms with E-state index in [9.17, 15) is 9.59 Å². The minimum absolute atomic E-state index is 0.0654. The van der Waals surface area contributed by atoms with Crippen molar-refractivity contribution in [3.63, 3.8) is 0 Å². The second kappa shape index (κ2) is 8.17. The maximum Gasteiger partial charge on any atom is 0.253 e. The van der Waals surface area contributed by atoms with Gasteiger partial charge in [-0.2, -0.15) is 0 Å². The number of H-pyrrole nitrogens is 1. The van der Waals surface area contributed by atoms with Crippen LogP contribution in [0, 0.1) is 0 Å². The SMILES string of the molecule is Nc1cc(=O)[nH]c(S[C@@H](C(=O)NC[C@H]2CCCO2)c2ccccc2)n1. The zero-order valence-electron chi connectivity index (χ0n) is 13.6. The molecule has 132 valence electrons. The van der Waals surface area contributed by atoms with Gasteiger partial charge in [0, 0.05) is 19.2 Å². The number of hydrogen-bond donors (Lipinski definition) is 3. The lowest BCUT2D eigenvalue weighted by molar-refractivity contribution is -0.121. The van der Waals surface area contributed by atoms with Crippen molar-refractivity contribution in [1.29, 1.82) is 0 Å². The minimum Gasteiger partial charge on any atom is -0.383 e. The minimum atomic E-state index is -0.549. The van der Waals surface area contributed by atoms with E-state index < -0.39 is 5.25 Å². The highest BCUT2D eigenvalue weighted by Gasteiger charge is 2.25. The number of nitrogens with one attached hydrogen (secondary N) is 2. The number of amides is 1. The van der Waals surface area contributed by atoms with Gasteiger partial charge in [-0.05, 0) is 18.4 Å². The molecule has 7 nitrogen and oxygen atoms in total. The number of nitrogen functional groups attached to an aromatic ring is 1. The van der Waals surface area contributed by atoms with Crippen molar-refractivity contribution < 1.29 is 9.53 Å². The smallest absolute Gasteiger partial charge is 0.253 e. The summed E-state index contributed by atoms with van der Waals surface area (Å²) in [6.45, 7) is 1.22. The van der Waals surface area contributed by atoms with Gasteiger partial charge >= 0.3 is 0 Å². The predicted molar refractivity (Wildman–Crippen MR) is 96.3 cm³/mol. The lowest BCUT2D eigenvalue weighted by Gasteiger charge is -2.18. The molecule has 4 N–H and O–H groups in total. The Hall–Kier alpha value is -2.32. The third-order valence-corrected chi connectivity index (χ3v) is 4.98. The Balaban J connectivity index is 1.77. The van der Waals surface area contributed by atoms with Gasteiger partial charge in [0.25, 0.3) is 5.56 Å². The molecule has 1 fully saturated rings. The van der Waals surface area contributed by atoms with Crippen LogP contribution < -0.4 is 16.6 Å². The number of thioether (sulfide) groups is 1. The Morgan fingerprint density at radius 2 is 2.24 bits per heavy atom. The van der Waals surface area contributed by atoms with Crippen molar-refractivity contribution in [1.82, 2.24) is 15.3 Å². The summed E-state index contributed by atoms with van der Waals surface area (Å²) in [6.07, 6.45) is 2.04. The first-order chi connectivity index (χ1) is 12.1. The molecular formula is C17H20N4O3S. The Morgan fingerprint density at radius 3 is 2.92 bits per heavy atom.